The summed E-state index contributed by atoms with van der Waals surface area (Å²) >= 11 is 0. The van der Waals surface area contributed by atoms with Crippen LogP contribution in [0.15, 0.2) is 0 Å². The molecule has 0 aromatic heterocycles. The number of hydrogen-bond acceptors (Lipinski definition) is 3. The molecule has 2 rings (SSSR count). The van der Waals surface area contributed by atoms with Crippen molar-refractivity contribution in [1.82, 2.24) is 9.80 Å². The Morgan fingerprint density at radius 2 is 1.80 bits per heavy atom. The fourth-order valence-electron chi connectivity index (χ4n) is 3.26. The molecule has 0 radical (unpaired) electrons. The first-order valence-corrected chi connectivity index (χ1v) is 6.40. The highest BCUT2D eigenvalue weighted by Crippen LogP contribution is 2.28. The van der Waals surface area contributed by atoms with Crippen LogP contribution in [0.4, 0.5) is 0 Å². The molecule has 0 saturated carbocycles. The van der Waals surface area contributed by atoms with E-state index in [0.717, 1.165) is 6.54 Å². The summed E-state index contributed by atoms with van der Waals surface area (Å²) < 4.78 is 0. The molecular weight excluding hydrogens is 186 g/mol. The zero-order valence-corrected chi connectivity index (χ0v) is 10.0. The smallest absolute Gasteiger partial charge is 0.0458 e. The van der Waals surface area contributed by atoms with Gasteiger partial charge in [-0.1, -0.05) is 6.42 Å². The van der Waals surface area contributed by atoms with Crippen LogP contribution in [-0.2, 0) is 0 Å². The van der Waals surface area contributed by atoms with Crippen LogP contribution in [0.3, 0.4) is 0 Å². The molecule has 15 heavy (non-hydrogen) atoms. The third-order valence-electron chi connectivity index (χ3n) is 4.15. The molecule has 1 atom stereocenters. The van der Waals surface area contributed by atoms with Gasteiger partial charge in [0.1, 0.15) is 0 Å². The average Bonchev–Trinajstić information content (AvgIpc) is 2.30. The van der Waals surface area contributed by atoms with Crippen LogP contribution < -0.4 is 5.73 Å². The molecule has 3 heteroatoms. The molecule has 2 heterocycles. The van der Waals surface area contributed by atoms with E-state index in [1.165, 1.54) is 58.3 Å². The van der Waals surface area contributed by atoms with E-state index >= 15 is 0 Å². The fourth-order valence-corrected chi connectivity index (χ4v) is 3.26. The minimum atomic E-state index is 0.299. The molecule has 88 valence electrons. The third-order valence-corrected chi connectivity index (χ3v) is 4.15. The van der Waals surface area contributed by atoms with Gasteiger partial charge in [-0.3, -0.25) is 4.90 Å². The second-order valence-electron chi connectivity index (χ2n) is 5.32. The summed E-state index contributed by atoms with van der Waals surface area (Å²) in [7, 11) is 2.23. The summed E-state index contributed by atoms with van der Waals surface area (Å²) in [5.74, 6) is 0. The maximum atomic E-state index is 6.06. The highest BCUT2D eigenvalue weighted by atomic mass is 15.3. The molecule has 0 bridgehead atoms. The number of likely N-dealkylation sites (tertiary alicyclic amines) is 2. The average molecular weight is 211 g/mol. The minimum absolute atomic E-state index is 0.299. The number of likely N-dealkylation sites (N-methyl/N-ethyl adjacent to an activating group) is 1. The van der Waals surface area contributed by atoms with Gasteiger partial charge in [-0.25, -0.2) is 0 Å². The molecular formula is C12H25N3. The Balaban J connectivity index is 2.04. The van der Waals surface area contributed by atoms with Gasteiger partial charge in [0.15, 0.2) is 0 Å². The molecule has 3 nitrogen and oxygen atoms in total. The number of rotatable bonds is 2. The van der Waals surface area contributed by atoms with Crippen LogP contribution in [0.2, 0.25) is 0 Å². The highest BCUT2D eigenvalue weighted by molar-refractivity contribution is 4.97. The fraction of sp³-hybridized carbons (Fsp3) is 1.00. The Labute approximate surface area is 93.6 Å². The SMILES string of the molecule is CN1CCCC(CN)(N2CCCCC2)C1. The first kappa shape index (κ1) is 11.4. The maximum Gasteiger partial charge on any atom is 0.0458 e. The topological polar surface area (TPSA) is 32.5 Å². The Morgan fingerprint density at radius 1 is 1.07 bits per heavy atom. The van der Waals surface area contributed by atoms with Crippen LogP contribution in [-0.4, -0.2) is 55.1 Å². The lowest BCUT2D eigenvalue weighted by atomic mass is 9.86. The molecule has 2 aliphatic rings. The molecule has 1 unspecified atom stereocenters. The van der Waals surface area contributed by atoms with Crippen LogP contribution in [0.25, 0.3) is 0 Å². The lowest BCUT2D eigenvalue weighted by molar-refractivity contribution is 0.0133. The summed E-state index contributed by atoms with van der Waals surface area (Å²) in [5, 5.41) is 0. The van der Waals surface area contributed by atoms with Crippen molar-refractivity contribution in [2.75, 3.05) is 39.8 Å². The Kier molecular flexibility index (Phi) is 3.65. The summed E-state index contributed by atoms with van der Waals surface area (Å²) in [6.07, 6.45) is 6.75. The van der Waals surface area contributed by atoms with Crippen molar-refractivity contribution in [3.05, 3.63) is 0 Å². The largest absolute Gasteiger partial charge is 0.329 e. The van der Waals surface area contributed by atoms with Gasteiger partial charge in [-0.05, 0) is 52.4 Å². The standard InChI is InChI=1S/C12H25N3/c1-14-7-5-6-12(10-13,11-14)15-8-3-2-4-9-15/h2-11,13H2,1H3. The van der Waals surface area contributed by atoms with Crippen molar-refractivity contribution in [3.8, 4) is 0 Å². The van der Waals surface area contributed by atoms with Crippen LogP contribution in [0.1, 0.15) is 32.1 Å². The van der Waals surface area contributed by atoms with Crippen molar-refractivity contribution < 1.29 is 0 Å². The van der Waals surface area contributed by atoms with Crippen molar-refractivity contribution in [2.45, 2.75) is 37.6 Å². The van der Waals surface area contributed by atoms with Gasteiger partial charge in [-0.15, -0.1) is 0 Å². The lowest BCUT2D eigenvalue weighted by Crippen LogP contribution is -2.62. The molecule has 2 saturated heterocycles. The Morgan fingerprint density at radius 3 is 2.40 bits per heavy atom. The van der Waals surface area contributed by atoms with E-state index in [9.17, 15) is 0 Å². The van der Waals surface area contributed by atoms with Crippen molar-refractivity contribution in [2.24, 2.45) is 5.73 Å². The third kappa shape index (κ3) is 2.35. The van der Waals surface area contributed by atoms with E-state index < -0.39 is 0 Å². The summed E-state index contributed by atoms with van der Waals surface area (Å²) in [6, 6.07) is 0. The zero-order valence-electron chi connectivity index (χ0n) is 10.0. The quantitative estimate of drug-likeness (QED) is 0.736. The summed E-state index contributed by atoms with van der Waals surface area (Å²) in [6.45, 7) is 5.78. The van der Waals surface area contributed by atoms with Gasteiger partial charge in [0.25, 0.3) is 0 Å². The summed E-state index contributed by atoms with van der Waals surface area (Å²) in [4.78, 5) is 5.12. The summed E-state index contributed by atoms with van der Waals surface area (Å²) in [5.41, 5.74) is 6.36. The maximum absolute atomic E-state index is 6.06. The molecule has 2 aliphatic heterocycles. The number of piperidine rings is 2. The van der Waals surface area contributed by atoms with Crippen LogP contribution >= 0.6 is 0 Å². The molecule has 0 aromatic rings. The minimum Gasteiger partial charge on any atom is -0.329 e. The van der Waals surface area contributed by atoms with Gasteiger partial charge in [0.2, 0.25) is 0 Å². The Hall–Kier alpha value is -0.120. The predicted octanol–water partition coefficient (Wildman–Crippen LogP) is 0.895. The van der Waals surface area contributed by atoms with Gasteiger partial charge in [0.05, 0.1) is 0 Å². The van der Waals surface area contributed by atoms with E-state index in [0.29, 0.717) is 5.54 Å². The zero-order chi connectivity index (χ0) is 10.7. The van der Waals surface area contributed by atoms with Crippen molar-refractivity contribution in [1.29, 1.82) is 0 Å². The van der Waals surface area contributed by atoms with Crippen molar-refractivity contribution >= 4 is 0 Å². The first-order chi connectivity index (χ1) is 7.27. The molecule has 0 aliphatic carbocycles. The van der Waals surface area contributed by atoms with E-state index in [-0.39, 0.29) is 0 Å². The number of nitrogens with two attached hydrogens (primary N) is 1. The van der Waals surface area contributed by atoms with Gasteiger partial charge < -0.3 is 10.6 Å². The normalized spacial score (nSPS) is 35.6. The van der Waals surface area contributed by atoms with Crippen molar-refractivity contribution in [3.63, 3.8) is 0 Å². The molecule has 2 fully saturated rings. The number of hydrogen-bond donors (Lipinski definition) is 1. The van der Waals surface area contributed by atoms with E-state index in [4.69, 9.17) is 5.73 Å². The monoisotopic (exact) mass is 211 g/mol. The molecule has 0 spiro atoms. The predicted molar refractivity (Wildman–Crippen MR) is 63.9 cm³/mol. The molecule has 0 aromatic carbocycles. The highest BCUT2D eigenvalue weighted by Gasteiger charge is 2.38. The van der Waals surface area contributed by atoms with E-state index in [2.05, 4.69) is 16.8 Å². The van der Waals surface area contributed by atoms with Crippen LogP contribution in [0, 0.1) is 0 Å². The van der Waals surface area contributed by atoms with Crippen LogP contribution in [0.5, 0.6) is 0 Å². The van der Waals surface area contributed by atoms with Gasteiger partial charge in [0, 0.05) is 18.6 Å². The Bertz CT molecular complexity index is 201. The molecule has 2 N–H and O–H groups in total. The van der Waals surface area contributed by atoms with Gasteiger partial charge in [-0.2, -0.15) is 0 Å². The second-order valence-corrected chi connectivity index (χ2v) is 5.32. The lowest BCUT2D eigenvalue weighted by Gasteiger charge is -2.50. The van der Waals surface area contributed by atoms with E-state index in [1.54, 1.807) is 0 Å². The first-order valence-electron chi connectivity index (χ1n) is 6.40. The molecule has 0 amide bonds. The van der Waals surface area contributed by atoms with Gasteiger partial charge >= 0.3 is 0 Å². The van der Waals surface area contributed by atoms with E-state index in [1.807, 2.05) is 0 Å². The second kappa shape index (κ2) is 4.81. The number of nitrogens with zero attached hydrogens (tertiary/aromatic N) is 2.